The van der Waals surface area contributed by atoms with E-state index in [1.165, 1.54) is 11.8 Å². The second-order valence-electron chi connectivity index (χ2n) is 5.95. The van der Waals surface area contributed by atoms with E-state index in [2.05, 4.69) is 16.3 Å². The summed E-state index contributed by atoms with van der Waals surface area (Å²) in [7, 11) is 1.83. The van der Waals surface area contributed by atoms with Crippen LogP contribution in [0.4, 0.5) is 0 Å². The third kappa shape index (κ3) is 3.62. The summed E-state index contributed by atoms with van der Waals surface area (Å²) in [5.41, 5.74) is 0.956. The van der Waals surface area contributed by atoms with Gasteiger partial charge in [0.25, 0.3) is 5.22 Å². The van der Waals surface area contributed by atoms with Crippen LogP contribution in [0.25, 0.3) is 0 Å². The molecule has 0 aromatic carbocycles. The van der Waals surface area contributed by atoms with Gasteiger partial charge >= 0.3 is 0 Å². The third-order valence-corrected chi connectivity index (χ3v) is 3.99. The van der Waals surface area contributed by atoms with E-state index in [1.807, 2.05) is 27.8 Å². The number of hydrogen-bond donors (Lipinski definition) is 0. The number of nitrogens with zero attached hydrogens (tertiary/aromatic N) is 3. The lowest BCUT2D eigenvalue weighted by Crippen LogP contribution is -2.26. The van der Waals surface area contributed by atoms with Gasteiger partial charge in [-0.3, -0.25) is 4.79 Å². The maximum Gasteiger partial charge on any atom is 0.277 e. The number of carbonyl (C=O) groups is 1. The molecule has 0 spiro atoms. The molecule has 2 rings (SSSR count). The molecule has 1 aliphatic rings. The predicted molar refractivity (Wildman–Crippen MR) is 78.4 cm³/mol. The Bertz CT molecular complexity index is 517. The van der Waals surface area contributed by atoms with Crippen molar-refractivity contribution < 1.29 is 9.21 Å². The van der Waals surface area contributed by atoms with Gasteiger partial charge in [0.15, 0.2) is 0 Å². The second kappa shape index (κ2) is 5.99. The summed E-state index contributed by atoms with van der Waals surface area (Å²) in [4.78, 5) is 13.8. The molecule has 0 fully saturated rings. The Balaban J connectivity index is 1.88. The maximum atomic E-state index is 12.1. The standard InChI is InChI=1S/C14H21N3O2S/c1-14(2,3)12-15-16-13(19-12)20-9-11(18)17(4)10-7-5-6-8-10/h7H,5-6,8-9H2,1-4H3. The van der Waals surface area contributed by atoms with Gasteiger partial charge in [-0.1, -0.05) is 38.6 Å². The van der Waals surface area contributed by atoms with Crippen LogP contribution in [-0.4, -0.2) is 33.8 Å². The smallest absolute Gasteiger partial charge is 0.277 e. The number of rotatable bonds is 4. The molecule has 0 unspecified atom stereocenters. The number of aromatic nitrogens is 2. The lowest BCUT2D eigenvalue weighted by molar-refractivity contribution is -0.125. The number of carbonyl (C=O) groups excluding carboxylic acids is 1. The van der Waals surface area contributed by atoms with Crippen LogP contribution in [0.3, 0.4) is 0 Å². The molecule has 110 valence electrons. The SMILES string of the molecule is CN(C(=O)CSc1nnc(C(C)(C)C)o1)C1=CCCC1. The molecule has 20 heavy (non-hydrogen) atoms. The van der Waals surface area contributed by atoms with E-state index < -0.39 is 0 Å². The first-order valence-electron chi connectivity index (χ1n) is 6.80. The lowest BCUT2D eigenvalue weighted by Gasteiger charge is -2.17. The van der Waals surface area contributed by atoms with Gasteiger partial charge < -0.3 is 9.32 Å². The molecule has 1 aliphatic carbocycles. The van der Waals surface area contributed by atoms with Crippen LogP contribution in [0.5, 0.6) is 0 Å². The molecule has 0 radical (unpaired) electrons. The van der Waals surface area contributed by atoms with E-state index in [0.717, 1.165) is 25.0 Å². The topological polar surface area (TPSA) is 59.2 Å². The van der Waals surface area contributed by atoms with Crippen molar-refractivity contribution in [2.75, 3.05) is 12.8 Å². The monoisotopic (exact) mass is 295 g/mol. The average molecular weight is 295 g/mol. The Morgan fingerprint density at radius 3 is 2.75 bits per heavy atom. The van der Waals surface area contributed by atoms with Crippen molar-refractivity contribution in [2.45, 2.75) is 50.7 Å². The highest BCUT2D eigenvalue weighted by Crippen LogP contribution is 2.26. The van der Waals surface area contributed by atoms with Crippen LogP contribution in [0, 0.1) is 0 Å². The second-order valence-corrected chi connectivity index (χ2v) is 6.88. The van der Waals surface area contributed by atoms with Crippen LogP contribution in [0.1, 0.15) is 45.9 Å². The van der Waals surface area contributed by atoms with Gasteiger partial charge in [-0.2, -0.15) is 0 Å². The molecule has 1 heterocycles. The fraction of sp³-hybridized carbons (Fsp3) is 0.643. The van der Waals surface area contributed by atoms with Crippen LogP contribution in [0.15, 0.2) is 21.4 Å². The molecule has 1 amide bonds. The van der Waals surface area contributed by atoms with Gasteiger partial charge in [-0.15, -0.1) is 10.2 Å². The Kier molecular flexibility index (Phi) is 4.52. The van der Waals surface area contributed by atoms with E-state index in [1.54, 1.807) is 4.90 Å². The van der Waals surface area contributed by atoms with Crippen molar-refractivity contribution in [3.05, 3.63) is 17.7 Å². The van der Waals surface area contributed by atoms with E-state index in [-0.39, 0.29) is 11.3 Å². The number of allylic oxidation sites excluding steroid dienone is 2. The molecular weight excluding hydrogens is 274 g/mol. The summed E-state index contributed by atoms with van der Waals surface area (Å²) in [6.45, 7) is 6.04. The lowest BCUT2D eigenvalue weighted by atomic mass is 9.97. The number of hydrogen-bond acceptors (Lipinski definition) is 5. The molecule has 0 atom stereocenters. The molecule has 0 aliphatic heterocycles. The summed E-state index contributed by atoms with van der Waals surface area (Å²) in [6.07, 6.45) is 5.33. The van der Waals surface area contributed by atoms with Crippen molar-refractivity contribution in [1.29, 1.82) is 0 Å². The Morgan fingerprint density at radius 2 is 2.20 bits per heavy atom. The Hall–Kier alpha value is -1.30. The number of thioether (sulfide) groups is 1. The van der Waals surface area contributed by atoms with Gasteiger partial charge in [0.2, 0.25) is 11.8 Å². The molecule has 0 saturated carbocycles. The van der Waals surface area contributed by atoms with Gasteiger partial charge in [0.1, 0.15) is 0 Å². The first kappa shape index (κ1) is 15.1. The predicted octanol–water partition coefficient (Wildman–Crippen LogP) is 2.99. The van der Waals surface area contributed by atoms with Crippen LogP contribution in [-0.2, 0) is 10.2 Å². The zero-order chi connectivity index (χ0) is 14.8. The molecule has 6 heteroatoms. The molecule has 0 N–H and O–H groups in total. The molecule has 1 aromatic heterocycles. The van der Waals surface area contributed by atoms with Gasteiger partial charge in [0.05, 0.1) is 5.75 Å². The summed E-state index contributed by atoms with van der Waals surface area (Å²) in [5, 5.41) is 8.44. The van der Waals surface area contributed by atoms with Crippen LogP contribution >= 0.6 is 11.8 Å². The van der Waals surface area contributed by atoms with Crippen molar-refractivity contribution in [2.24, 2.45) is 0 Å². The minimum Gasteiger partial charge on any atom is -0.415 e. The van der Waals surface area contributed by atoms with E-state index >= 15 is 0 Å². The average Bonchev–Trinajstić information content (AvgIpc) is 3.04. The summed E-state index contributed by atoms with van der Waals surface area (Å²) < 4.78 is 5.56. The largest absolute Gasteiger partial charge is 0.415 e. The number of amides is 1. The highest BCUT2D eigenvalue weighted by atomic mass is 32.2. The molecule has 0 bridgehead atoms. The fourth-order valence-corrected chi connectivity index (χ4v) is 2.59. The summed E-state index contributed by atoms with van der Waals surface area (Å²) in [6, 6.07) is 0. The third-order valence-electron chi connectivity index (χ3n) is 3.19. The maximum absolute atomic E-state index is 12.1. The van der Waals surface area contributed by atoms with Gasteiger partial charge in [-0.25, -0.2) is 0 Å². The summed E-state index contributed by atoms with van der Waals surface area (Å²) in [5.74, 6) is 0.984. The molecule has 1 aromatic rings. The Morgan fingerprint density at radius 1 is 1.45 bits per heavy atom. The van der Waals surface area contributed by atoms with Gasteiger partial charge in [-0.05, 0) is 19.3 Å². The minimum absolute atomic E-state index is 0.0682. The van der Waals surface area contributed by atoms with Crippen LogP contribution < -0.4 is 0 Å². The summed E-state index contributed by atoms with van der Waals surface area (Å²) >= 11 is 1.29. The van der Waals surface area contributed by atoms with Crippen molar-refractivity contribution in [1.82, 2.24) is 15.1 Å². The molecule has 0 saturated heterocycles. The minimum atomic E-state index is -0.165. The highest BCUT2D eigenvalue weighted by Gasteiger charge is 2.22. The quantitative estimate of drug-likeness (QED) is 0.799. The van der Waals surface area contributed by atoms with Crippen molar-refractivity contribution in [3.8, 4) is 0 Å². The molecule has 5 nitrogen and oxygen atoms in total. The normalized spacial score (nSPS) is 15.3. The van der Waals surface area contributed by atoms with Gasteiger partial charge in [0, 0.05) is 18.2 Å². The zero-order valence-electron chi connectivity index (χ0n) is 12.5. The van der Waals surface area contributed by atoms with Crippen molar-refractivity contribution in [3.63, 3.8) is 0 Å². The zero-order valence-corrected chi connectivity index (χ0v) is 13.3. The fourth-order valence-electron chi connectivity index (χ4n) is 1.91. The molecular formula is C14H21N3O2S. The van der Waals surface area contributed by atoms with E-state index in [0.29, 0.717) is 16.9 Å². The first-order valence-corrected chi connectivity index (χ1v) is 7.79. The first-order chi connectivity index (χ1) is 9.38. The van der Waals surface area contributed by atoms with Crippen LogP contribution in [0.2, 0.25) is 0 Å². The highest BCUT2D eigenvalue weighted by molar-refractivity contribution is 7.99. The van der Waals surface area contributed by atoms with E-state index in [4.69, 9.17) is 4.42 Å². The Labute approximate surface area is 123 Å². The van der Waals surface area contributed by atoms with Crippen molar-refractivity contribution >= 4 is 17.7 Å². The van der Waals surface area contributed by atoms with E-state index in [9.17, 15) is 4.79 Å².